The molecular formula is C16H13F3O. The lowest BCUT2D eigenvalue weighted by atomic mass is 9.75. The largest absolute Gasteiger partial charge is 0.380 e. The van der Waals surface area contributed by atoms with E-state index in [2.05, 4.69) is 0 Å². The fourth-order valence-corrected chi connectivity index (χ4v) is 2.94. The molecule has 0 spiro atoms. The maximum atomic E-state index is 14.0. The van der Waals surface area contributed by atoms with Gasteiger partial charge in [-0.2, -0.15) is 0 Å². The molecule has 1 nitrogen and oxygen atoms in total. The van der Waals surface area contributed by atoms with Crippen LogP contribution < -0.4 is 0 Å². The van der Waals surface area contributed by atoms with Gasteiger partial charge < -0.3 is 5.11 Å². The highest BCUT2D eigenvalue weighted by Gasteiger charge is 2.39. The Hall–Kier alpha value is -1.81. The zero-order valence-corrected chi connectivity index (χ0v) is 10.7. The monoisotopic (exact) mass is 278 g/mol. The molecule has 3 rings (SSSR count). The fourth-order valence-electron chi connectivity index (χ4n) is 2.94. The molecule has 0 aliphatic heterocycles. The maximum Gasteiger partial charge on any atom is 0.194 e. The van der Waals surface area contributed by atoms with Gasteiger partial charge in [-0.15, -0.1) is 0 Å². The van der Waals surface area contributed by atoms with Crippen LogP contribution in [-0.4, -0.2) is 5.11 Å². The molecule has 0 heterocycles. The highest BCUT2D eigenvalue weighted by molar-refractivity contribution is 5.43. The van der Waals surface area contributed by atoms with E-state index in [1.54, 1.807) is 12.1 Å². The SMILES string of the molecule is OC1(c2ccc(F)c(F)c2F)CCCc2ccccc21. The van der Waals surface area contributed by atoms with E-state index in [4.69, 9.17) is 0 Å². The normalized spacial score (nSPS) is 21.6. The van der Waals surface area contributed by atoms with Crippen LogP contribution in [0.15, 0.2) is 36.4 Å². The molecule has 0 saturated carbocycles. The van der Waals surface area contributed by atoms with E-state index in [0.29, 0.717) is 12.0 Å². The van der Waals surface area contributed by atoms with E-state index < -0.39 is 23.1 Å². The Balaban J connectivity index is 2.22. The van der Waals surface area contributed by atoms with Crippen LogP contribution in [0.2, 0.25) is 0 Å². The summed E-state index contributed by atoms with van der Waals surface area (Å²) in [4.78, 5) is 0. The number of rotatable bonds is 1. The summed E-state index contributed by atoms with van der Waals surface area (Å²) in [5.74, 6) is -4.11. The van der Waals surface area contributed by atoms with E-state index in [9.17, 15) is 18.3 Å². The second kappa shape index (κ2) is 4.63. The number of halogens is 3. The summed E-state index contributed by atoms with van der Waals surface area (Å²) in [6.07, 6.45) is 1.72. The number of aryl methyl sites for hydroxylation is 1. The molecule has 104 valence electrons. The lowest BCUT2D eigenvalue weighted by Gasteiger charge is -2.35. The van der Waals surface area contributed by atoms with Gasteiger partial charge in [0.25, 0.3) is 0 Å². The minimum Gasteiger partial charge on any atom is -0.380 e. The lowest BCUT2D eigenvalue weighted by molar-refractivity contribution is 0.0569. The molecule has 20 heavy (non-hydrogen) atoms. The average Bonchev–Trinajstić information content (AvgIpc) is 2.45. The Labute approximate surface area is 114 Å². The highest BCUT2D eigenvalue weighted by Crippen LogP contribution is 2.41. The van der Waals surface area contributed by atoms with Gasteiger partial charge in [-0.05, 0) is 42.5 Å². The Bertz CT molecular complexity index is 669. The third-order valence-electron chi connectivity index (χ3n) is 3.93. The topological polar surface area (TPSA) is 20.2 Å². The molecule has 1 aliphatic rings. The number of hydrogen-bond acceptors (Lipinski definition) is 1. The number of benzene rings is 2. The van der Waals surface area contributed by atoms with Gasteiger partial charge in [-0.3, -0.25) is 0 Å². The van der Waals surface area contributed by atoms with Gasteiger partial charge in [0.05, 0.1) is 0 Å². The Morgan fingerprint density at radius 2 is 1.65 bits per heavy atom. The molecule has 0 aromatic heterocycles. The van der Waals surface area contributed by atoms with Crippen LogP contribution in [0.25, 0.3) is 0 Å². The summed E-state index contributed by atoms with van der Waals surface area (Å²) in [5, 5.41) is 10.9. The van der Waals surface area contributed by atoms with Crippen LogP contribution in [0.3, 0.4) is 0 Å². The molecule has 0 saturated heterocycles. The Kier molecular flexibility index (Phi) is 3.05. The minimum atomic E-state index is -1.60. The molecule has 0 amide bonds. The van der Waals surface area contributed by atoms with Crippen LogP contribution in [0.4, 0.5) is 13.2 Å². The first-order valence-corrected chi connectivity index (χ1v) is 6.49. The van der Waals surface area contributed by atoms with Crippen molar-refractivity contribution in [2.45, 2.75) is 24.9 Å². The zero-order chi connectivity index (χ0) is 14.3. The van der Waals surface area contributed by atoms with E-state index in [1.807, 2.05) is 12.1 Å². The van der Waals surface area contributed by atoms with Gasteiger partial charge in [0, 0.05) is 5.56 Å². The second-order valence-electron chi connectivity index (χ2n) is 5.09. The van der Waals surface area contributed by atoms with Crippen molar-refractivity contribution >= 4 is 0 Å². The molecule has 1 aliphatic carbocycles. The predicted octanol–water partition coefficient (Wildman–Crippen LogP) is 3.68. The van der Waals surface area contributed by atoms with Gasteiger partial charge in [0.2, 0.25) is 0 Å². The molecule has 0 fully saturated rings. The number of fused-ring (bicyclic) bond motifs is 1. The van der Waals surface area contributed by atoms with Crippen molar-refractivity contribution in [1.82, 2.24) is 0 Å². The van der Waals surface area contributed by atoms with Crippen molar-refractivity contribution in [1.29, 1.82) is 0 Å². The van der Waals surface area contributed by atoms with E-state index in [-0.39, 0.29) is 12.0 Å². The first-order valence-electron chi connectivity index (χ1n) is 6.49. The molecule has 4 heteroatoms. The van der Waals surface area contributed by atoms with Crippen LogP contribution >= 0.6 is 0 Å². The first-order chi connectivity index (χ1) is 9.54. The molecule has 2 aromatic carbocycles. The fraction of sp³-hybridized carbons (Fsp3) is 0.250. The smallest absolute Gasteiger partial charge is 0.194 e. The summed E-state index contributed by atoms with van der Waals surface area (Å²) in [6.45, 7) is 0. The van der Waals surface area contributed by atoms with Crippen molar-refractivity contribution < 1.29 is 18.3 Å². The average molecular weight is 278 g/mol. The number of aliphatic hydroxyl groups is 1. The van der Waals surface area contributed by atoms with Gasteiger partial charge in [-0.25, -0.2) is 13.2 Å². The molecule has 0 bridgehead atoms. The third kappa shape index (κ3) is 1.83. The summed E-state index contributed by atoms with van der Waals surface area (Å²) >= 11 is 0. The Morgan fingerprint density at radius 1 is 0.900 bits per heavy atom. The predicted molar refractivity (Wildman–Crippen MR) is 68.7 cm³/mol. The van der Waals surface area contributed by atoms with E-state index in [0.717, 1.165) is 24.1 Å². The van der Waals surface area contributed by atoms with Crippen molar-refractivity contribution in [3.05, 3.63) is 70.5 Å². The molecule has 1 atom stereocenters. The van der Waals surface area contributed by atoms with Gasteiger partial charge in [0.15, 0.2) is 17.5 Å². The summed E-state index contributed by atoms with van der Waals surface area (Å²) < 4.78 is 40.5. The summed E-state index contributed by atoms with van der Waals surface area (Å²) in [5.41, 5.74) is -0.335. The maximum absolute atomic E-state index is 14.0. The van der Waals surface area contributed by atoms with Crippen molar-refractivity contribution in [2.75, 3.05) is 0 Å². The minimum absolute atomic E-state index is 0.205. The zero-order valence-electron chi connectivity index (χ0n) is 10.7. The van der Waals surface area contributed by atoms with Crippen LogP contribution in [-0.2, 0) is 12.0 Å². The molecule has 1 N–H and O–H groups in total. The van der Waals surface area contributed by atoms with Gasteiger partial charge in [-0.1, -0.05) is 24.3 Å². The molecule has 0 radical (unpaired) electrons. The second-order valence-corrected chi connectivity index (χ2v) is 5.09. The molecular weight excluding hydrogens is 265 g/mol. The third-order valence-corrected chi connectivity index (χ3v) is 3.93. The molecule has 2 aromatic rings. The summed E-state index contributed by atoms with van der Waals surface area (Å²) in [6, 6.07) is 9.12. The standard InChI is InChI=1S/C16H13F3O/c17-13-8-7-12(14(18)15(13)19)16(20)9-3-5-10-4-1-2-6-11(10)16/h1-2,4,6-8,20H,3,5,9H2. The highest BCUT2D eigenvalue weighted by atomic mass is 19.2. The van der Waals surface area contributed by atoms with Crippen molar-refractivity contribution in [3.63, 3.8) is 0 Å². The summed E-state index contributed by atoms with van der Waals surface area (Å²) in [7, 11) is 0. The van der Waals surface area contributed by atoms with Crippen molar-refractivity contribution in [3.8, 4) is 0 Å². The quantitative estimate of drug-likeness (QED) is 0.789. The lowest BCUT2D eigenvalue weighted by Crippen LogP contribution is -2.33. The molecule has 1 unspecified atom stereocenters. The first kappa shape index (κ1) is 13.2. The Morgan fingerprint density at radius 3 is 2.45 bits per heavy atom. The van der Waals surface area contributed by atoms with Gasteiger partial charge >= 0.3 is 0 Å². The van der Waals surface area contributed by atoms with Crippen LogP contribution in [0.1, 0.15) is 29.5 Å². The van der Waals surface area contributed by atoms with Gasteiger partial charge in [0.1, 0.15) is 5.60 Å². The van der Waals surface area contributed by atoms with E-state index in [1.165, 1.54) is 0 Å². The van der Waals surface area contributed by atoms with Crippen LogP contribution in [0.5, 0.6) is 0 Å². The van der Waals surface area contributed by atoms with E-state index >= 15 is 0 Å². The van der Waals surface area contributed by atoms with Crippen molar-refractivity contribution in [2.24, 2.45) is 0 Å². The van der Waals surface area contributed by atoms with Crippen LogP contribution in [0, 0.1) is 17.5 Å². The number of hydrogen-bond donors (Lipinski definition) is 1.